The molecule has 0 rings (SSSR count). The van der Waals surface area contributed by atoms with Crippen molar-refractivity contribution in [3.8, 4) is 0 Å². The number of carboxylic acids is 1. The first-order valence-corrected chi connectivity index (χ1v) is 7.48. The van der Waals surface area contributed by atoms with Crippen molar-refractivity contribution >= 4 is 5.97 Å². The van der Waals surface area contributed by atoms with Crippen molar-refractivity contribution in [3.63, 3.8) is 0 Å². The first-order valence-electron chi connectivity index (χ1n) is 7.48. The van der Waals surface area contributed by atoms with Gasteiger partial charge in [-0.3, -0.25) is 4.79 Å². The van der Waals surface area contributed by atoms with E-state index in [1.165, 1.54) is 0 Å². The number of carboxylic acid groups (broad SMARTS) is 1. The summed E-state index contributed by atoms with van der Waals surface area (Å²) in [7, 11) is 0. The third kappa shape index (κ3) is 21.8. The topological polar surface area (TPSA) is 85.2 Å². The van der Waals surface area contributed by atoms with Gasteiger partial charge in [-0.15, -0.1) is 0 Å². The fourth-order valence-electron chi connectivity index (χ4n) is 1.18. The fourth-order valence-corrected chi connectivity index (χ4v) is 1.18. The Morgan fingerprint density at radius 3 is 1.86 bits per heavy atom. The lowest BCUT2D eigenvalue weighted by molar-refractivity contribution is -0.134. The third-order valence-electron chi connectivity index (χ3n) is 2.39. The molecule has 6 nitrogen and oxygen atoms in total. The van der Waals surface area contributed by atoms with Crippen molar-refractivity contribution in [2.75, 3.05) is 26.4 Å². The van der Waals surface area contributed by atoms with Crippen LogP contribution in [0.15, 0.2) is 0 Å². The average molecular weight is 308 g/mol. The highest BCUT2D eigenvalue weighted by atomic mass is 16.6. The molecule has 0 aliphatic heterocycles. The van der Waals surface area contributed by atoms with E-state index in [2.05, 4.69) is 6.92 Å². The summed E-state index contributed by atoms with van der Waals surface area (Å²) < 4.78 is 16.5. The zero-order chi connectivity index (χ0) is 16.7. The molecule has 0 aromatic rings. The second-order valence-corrected chi connectivity index (χ2v) is 5.02. The molecule has 0 aromatic carbocycles. The monoisotopic (exact) mass is 308 g/mol. The van der Waals surface area contributed by atoms with Gasteiger partial charge in [0, 0.05) is 13.5 Å². The van der Waals surface area contributed by atoms with Crippen LogP contribution in [0.1, 0.15) is 47.5 Å². The van der Waals surface area contributed by atoms with Gasteiger partial charge in [-0.05, 0) is 27.2 Å². The number of rotatable bonds is 11. The third-order valence-corrected chi connectivity index (χ3v) is 2.39. The molecule has 0 saturated carbocycles. The van der Waals surface area contributed by atoms with Crippen LogP contribution in [0.3, 0.4) is 0 Å². The number of aliphatic hydroxyl groups excluding tert-OH is 1. The van der Waals surface area contributed by atoms with Gasteiger partial charge in [0.05, 0.1) is 38.1 Å². The van der Waals surface area contributed by atoms with Crippen LogP contribution in [0, 0.1) is 0 Å². The number of carbonyl (C=O) groups is 1. The van der Waals surface area contributed by atoms with Crippen LogP contribution < -0.4 is 0 Å². The molecule has 0 radical (unpaired) electrons. The number of aliphatic carboxylic acids is 1. The summed E-state index contributed by atoms with van der Waals surface area (Å²) in [4.78, 5) is 9.00. The molecule has 0 heterocycles. The molecule has 0 aliphatic carbocycles. The molecule has 0 aromatic heterocycles. The summed E-state index contributed by atoms with van der Waals surface area (Å²) in [6.07, 6.45) is 2.27. The van der Waals surface area contributed by atoms with Gasteiger partial charge in [-0.25, -0.2) is 0 Å². The standard InChI is InChI=1S/C13H28O4.C2H4O2/c1-5-6-7-15-12(3)9-17-13(4)10-16-11(2)8-14;1-2(3)4/h11-14H,5-10H2,1-4H3;1H3,(H,3,4). The number of hydrogen-bond donors (Lipinski definition) is 2. The molecular formula is C15H32O6. The summed E-state index contributed by atoms with van der Waals surface area (Å²) in [5.41, 5.74) is 0. The molecule has 0 amide bonds. The quantitative estimate of drug-likeness (QED) is 0.568. The fraction of sp³-hybridized carbons (Fsp3) is 0.933. The Hall–Kier alpha value is -0.690. The van der Waals surface area contributed by atoms with Crippen LogP contribution in [0.4, 0.5) is 0 Å². The average Bonchev–Trinajstić information content (AvgIpc) is 2.42. The largest absolute Gasteiger partial charge is 0.481 e. The minimum absolute atomic E-state index is 0.0289. The molecule has 0 saturated heterocycles. The first-order chi connectivity index (χ1) is 9.83. The van der Waals surface area contributed by atoms with E-state index < -0.39 is 5.97 Å². The van der Waals surface area contributed by atoms with Crippen LogP contribution in [0.5, 0.6) is 0 Å². The SMILES string of the molecule is CC(=O)O.CCCCOC(C)COC(C)COC(C)CO. The zero-order valence-corrected chi connectivity index (χ0v) is 14.0. The first kappa shape index (κ1) is 22.6. The predicted molar refractivity (Wildman–Crippen MR) is 81.5 cm³/mol. The van der Waals surface area contributed by atoms with Crippen molar-refractivity contribution in [1.82, 2.24) is 0 Å². The Balaban J connectivity index is 0. The Morgan fingerprint density at radius 2 is 1.43 bits per heavy atom. The molecule has 0 spiro atoms. The van der Waals surface area contributed by atoms with Crippen molar-refractivity contribution in [1.29, 1.82) is 0 Å². The molecule has 2 N–H and O–H groups in total. The Labute approximate surface area is 128 Å². The van der Waals surface area contributed by atoms with Gasteiger partial charge in [-0.2, -0.15) is 0 Å². The van der Waals surface area contributed by atoms with Crippen LogP contribution in [0.2, 0.25) is 0 Å². The van der Waals surface area contributed by atoms with Gasteiger partial charge in [0.2, 0.25) is 0 Å². The smallest absolute Gasteiger partial charge is 0.300 e. The van der Waals surface area contributed by atoms with E-state index in [0.717, 1.165) is 26.4 Å². The highest BCUT2D eigenvalue weighted by Crippen LogP contribution is 2.00. The maximum absolute atomic E-state index is 9.00. The maximum Gasteiger partial charge on any atom is 0.300 e. The van der Waals surface area contributed by atoms with Gasteiger partial charge >= 0.3 is 0 Å². The Morgan fingerprint density at radius 1 is 1.00 bits per heavy atom. The summed E-state index contributed by atoms with van der Waals surface area (Å²) in [5, 5.41) is 16.2. The number of ether oxygens (including phenoxy) is 3. The molecule has 0 fully saturated rings. The van der Waals surface area contributed by atoms with E-state index in [4.69, 9.17) is 29.2 Å². The number of aliphatic hydroxyl groups is 1. The number of unbranched alkanes of at least 4 members (excludes halogenated alkanes) is 1. The second-order valence-electron chi connectivity index (χ2n) is 5.02. The predicted octanol–water partition coefficient (Wildman–Crippen LogP) is 2.09. The molecule has 3 unspecified atom stereocenters. The van der Waals surface area contributed by atoms with Crippen LogP contribution in [-0.4, -0.2) is 60.9 Å². The molecule has 128 valence electrons. The van der Waals surface area contributed by atoms with Crippen LogP contribution in [-0.2, 0) is 19.0 Å². The molecule has 21 heavy (non-hydrogen) atoms. The van der Waals surface area contributed by atoms with E-state index >= 15 is 0 Å². The minimum Gasteiger partial charge on any atom is -0.481 e. The molecule has 0 aliphatic rings. The lowest BCUT2D eigenvalue weighted by atomic mass is 10.3. The molecule has 6 heteroatoms. The number of hydrogen-bond acceptors (Lipinski definition) is 5. The molecular weight excluding hydrogens is 276 g/mol. The van der Waals surface area contributed by atoms with Crippen molar-refractivity contribution in [2.24, 2.45) is 0 Å². The lowest BCUT2D eigenvalue weighted by Gasteiger charge is -2.19. The van der Waals surface area contributed by atoms with Crippen molar-refractivity contribution in [2.45, 2.75) is 65.8 Å². The lowest BCUT2D eigenvalue weighted by Crippen LogP contribution is -2.26. The van der Waals surface area contributed by atoms with Crippen LogP contribution in [0.25, 0.3) is 0 Å². The van der Waals surface area contributed by atoms with Gasteiger partial charge in [0.25, 0.3) is 5.97 Å². The summed E-state index contributed by atoms with van der Waals surface area (Å²) >= 11 is 0. The normalized spacial score (nSPS) is 14.8. The van der Waals surface area contributed by atoms with Gasteiger partial charge in [-0.1, -0.05) is 13.3 Å². The maximum atomic E-state index is 9.00. The van der Waals surface area contributed by atoms with E-state index in [-0.39, 0.29) is 24.9 Å². The Bertz CT molecular complexity index is 230. The van der Waals surface area contributed by atoms with E-state index in [9.17, 15) is 0 Å². The van der Waals surface area contributed by atoms with Gasteiger partial charge < -0.3 is 24.4 Å². The van der Waals surface area contributed by atoms with E-state index in [1.54, 1.807) is 0 Å². The zero-order valence-electron chi connectivity index (χ0n) is 14.0. The highest BCUT2D eigenvalue weighted by Gasteiger charge is 2.08. The molecule has 3 atom stereocenters. The van der Waals surface area contributed by atoms with Gasteiger partial charge in [0.15, 0.2) is 0 Å². The summed E-state index contributed by atoms with van der Waals surface area (Å²) in [5.74, 6) is -0.833. The Kier molecular flexibility index (Phi) is 16.9. The highest BCUT2D eigenvalue weighted by molar-refractivity contribution is 5.62. The molecule has 0 bridgehead atoms. The van der Waals surface area contributed by atoms with E-state index in [0.29, 0.717) is 13.2 Å². The van der Waals surface area contributed by atoms with Crippen molar-refractivity contribution in [3.05, 3.63) is 0 Å². The second kappa shape index (κ2) is 15.7. The minimum atomic E-state index is -0.833. The van der Waals surface area contributed by atoms with Crippen LogP contribution >= 0.6 is 0 Å². The van der Waals surface area contributed by atoms with E-state index in [1.807, 2.05) is 20.8 Å². The summed E-state index contributed by atoms with van der Waals surface area (Å²) in [6, 6.07) is 0. The van der Waals surface area contributed by atoms with Gasteiger partial charge in [0.1, 0.15) is 0 Å². The van der Waals surface area contributed by atoms with Crippen molar-refractivity contribution < 1.29 is 29.2 Å². The summed E-state index contributed by atoms with van der Waals surface area (Å²) in [6.45, 7) is 11.0.